The van der Waals surface area contributed by atoms with E-state index in [9.17, 15) is 0 Å². The molecular weight excluding hydrogens is 236 g/mol. The van der Waals surface area contributed by atoms with E-state index in [1.807, 2.05) is 0 Å². The maximum absolute atomic E-state index is 5.49. The first-order valence-electron chi connectivity index (χ1n) is 7.32. The Morgan fingerprint density at radius 2 is 1.79 bits per heavy atom. The number of benzene rings is 1. The minimum Gasteiger partial charge on any atom is -0.369 e. The average molecular weight is 260 g/mol. The Morgan fingerprint density at radius 3 is 2.37 bits per heavy atom. The van der Waals surface area contributed by atoms with Crippen LogP contribution in [-0.4, -0.2) is 54.7 Å². The Kier molecular flexibility index (Phi) is 3.61. The topological polar surface area (TPSA) is 19.0 Å². The minimum atomic E-state index is 0.160. The van der Waals surface area contributed by atoms with Crippen LogP contribution in [0.25, 0.3) is 0 Å². The molecule has 0 saturated carbocycles. The molecule has 0 spiro atoms. The highest BCUT2D eigenvalue weighted by molar-refractivity contribution is 5.18. The fourth-order valence-corrected chi connectivity index (χ4v) is 2.94. The third-order valence-corrected chi connectivity index (χ3v) is 4.43. The molecule has 3 nitrogen and oxygen atoms in total. The van der Waals surface area contributed by atoms with Gasteiger partial charge >= 0.3 is 0 Å². The van der Waals surface area contributed by atoms with Crippen molar-refractivity contribution in [2.45, 2.75) is 25.5 Å². The van der Waals surface area contributed by atoms with Gasteiger partial charge in [-0.1, -0.05) is 30.3 Å². The van der Waals surface area contributed by atoms with Crippen molar-refractivity contribution in [1.29, 1.82) is 0 Å². The van der Waals surface area contributed by atoms with Gasteiger partial charge in [0.1, 0.15) is 5.60 Å². The van der Waals surface area contributed by atoms with Gasteiger partial charge in [0.25, 0.3) is 0 Å². The van der Waals surface area contributed by atoms with Gasteiger partial charge in [0, 0.05) is 38.8 Å². The molecule has 2 atom stereocenters. The molecule has 2 unspecified atom stereocenters. The second-order valence-corrected chi connectivity index (χ2v) is 6.14. The minimum absolute atomic E-state index is 0.160. The maximum atomic E-state index is 5.49. The highest BCUT2D eigenvalue weighted by atomic mass is 16.6. The van der Waals surface area contributed by atoms with E-state index >= 15 is 0 Å². The SMILES string of the molecule is CC(c1ccccc1)N1CCN(CC2(C)CO2)CC1. The molecule has 19 heavy (non-hydrogen) atoms. The van der Waals surface area contributed by atoms with E-state index in [1.165, 1.54) is 5.56 Å². The summed E-state index contributed by atoms with van der Waals surface area (Å²) in [4.78, 5) is 5.13. The van der Waals surface area contributed by atoms with Crippen molar-refractivity contribution >= 4 is 0 Å². The van der Waals surface area contributed by atoms with Gasteiger partial charge in [-0.15, -0.1) is 0 Å². The molecule has 2 aliphatic rings. The van der Waals surface area contributed by atoms with Crippen LogP contribution in [0.5, 0.6) is 0 Å². The zero-order chi connectivity index (χ0) is 13.3. The molecule has 3 rings (SSSR count). The molecule has 0 aliphatic carbocycles. The molecule has 2 aliphatic heterocycles. The molecule has 0 amide bonds. The first kappa shape index (κ1) is 13.1. The Hall–Kier alpha value is -0.900. The summed E-state index contributed by atoms with van der Waals surface area (Å²) < 4.78 is 5.49. The van der Waals surface area contributed by atoms with Crippen molar-refractivity contribution < 1.29 is 4.74 Å². The summed E-state index contributed by atoms with van der Waals surface area (Å²) in [6.07, 6.45) is 0. The lowest BCUT2D eigenvalue weighted by molar-refractivity contribution is 0.0859. The molecule has 2 saturated heterocycles. The summed E-state index contributed by atoms with van der Waals surface area (Å²) in [6.45, 7) is 11.2. The number of nitrogens with zero attached hydrogens (tertiary/aromatic N) is 2. The molecule has 0 radical (unpaired) electrons. The average Bonchev–Trinajstić information content (AvgIpc) is 3.17. The molecule has 1 aromatic carbocycles. The van der Waals surface area contributed by atoms with Gasteiger partial charge in [0.2, 0.25) is 0 Å². The van der Waals surface area contributed by atoms with Crippen LogP contribution in [0.3, 0.4) is 0 Å². The quantitative estimate of drug-likeness (QED) is 0.773. The standard InChI is InChI=1S/C16H24N2O/c1-14(15-6-4-3-5-7-15)18-10-8-17(9-11-18)12-16(2)13-19-16/h3-7,14H,8-13H2,1-2H3. The van der Waals surface area contributed by atoms with Crippen LogP contribution in [-0.2, 0) is 4.74 Å². The normalized spacial score (nSPS) is 30.2. The van der Waals surface area contributed by atoms with Crippen LogP contribution in [0.4, 0.5) is 0 Å². The van der Waals surface area contributed by atoms with Gasteiger partial charge < -0.3 is 4.74 Å². The number of epoxide rings is 1. The second-order valence-electron chi connectivity index (χ2n) is 6.14. The lowest BCUT2D eigenvalue weighted by atomic mass is 10.1. The molecule has 0 N–H and O–H groups in total. The van der Waals surface area contributed by atoms with Gasteiger partial charge in [-0.3, -0.25) is 9.80 Å². The van der Waals surface area contributed by atoms with E-state index in [4.69, 9.17) is 4.74 Å². The zero-order valence-electron chi connectivity index (χ0n) is 12.0. The smallest absolute Gasteiger partial charge is 0.101 e. The first-order chi connectivity index (χ1) is 9.16. The molecule has 3 heteroatoms. The third kappa shape index (κ3) is 3.16. The fraction of sp³-hybridized carbons (Fsp3) is 0.625. The number of rotatable bonds is 4. The molecule has 2 fully saturated rings. The van der Waals surface area contributed by atoms with Gasteiger partial charge in [0.05, 0.1) is 6.61 Å². The molecule has 104 valence electrons. The van der Waals surface area contributed by atoms with Crippen LogP contribution in [0.2, 0.25) is 0 Å². The summed E-state index contributed by atoms with van der Waals surface area (Å²) >= 11 is 0. The van der Waals surface area contributed by atoms with Crippen molar-refractivity contribution in [3.05, 3.63) is 35.9 Å². The number of hydrogen-bond donors (Lipinski definition) is 0. The third-order valence-electron chi connectivity index (χ3n) is 4.43. The van der Waals surface area contributed by atoms with Crippen LogP contribution < -0.4 is 0 Å². The number of ether oxygens (including phenoxy) is 1. The highest BCUT2D eigenvalue weighted by Gasteiger charge is 2.41. The Balaban J connectivity index is 1.52. The van der Waals surface area contributed by atoms with Crippen LogP contribution >= 0.6 is 0 Å². The lowest BCUT2D eigenvalue weighted by Crippen LogP contribution is -2.49. The van der Waals surface area contributed by atoms with E-state index in [-0.39, 0.29) is 5.60 Å². The largest absolute Gasteiger partial charge is 0.369 e. The van der Waals surface area contributed by atoms with E-state index < -0.39 is 0 Å². The van der Waals surface area contributed by atoms with Crippen molar-refractivity contribution in [2.75, 3.05) is 39.3 Å². The summed E-state index contributed by atoms with van der Waals surface area (Å²) in [5.41, 5.74) is 1.58. The first-order valence-corrected chi connectivity index (χ1v) is 7.32. The van der Waals surface area contributed by atoms with Crippen molar-refractivity contribution in [3.8, 4) is 0 Å². The molecular formula is C16H24N2O. The predicted octanol–water partition coefficient (Wildman–Crippen LogP) is 2.15. The van der Waals surface area contributed by atoms with E-state index in [1.54, 1.807) is 0 Å². The van der Waals surface area contributed by atoms with Crippen LogP contribution in [0, 0.1) is 0 Å². The second kappa shape index (κ2) is 5.23. The number of piperazine rings is 1. The van der Waals surface area contributed by atoms with Gasteiger partial charge in [-0.25, -0.2) is 0 Å². The van der Waals surface area contributed by atoms with E-state index in [2.05, 4.69) is 54.0 Å². The van der Waals surface area contributed by atoms with Crippen molar-refractivity contribution in [1.82, 2.24) is 9.80 Å². The monoisotopic (exact) mass is 260 g/mol. The Morgan fingerprint density at radius 1 is 1.16 bits per heavy atom. The van der Waals surface area contributed by atoms with Gasteiger partial charge in [-0.05, 0) is 19.4 Å². The maximum Gasteiger partial charge on any atom is 0.101 e. The van der Waals surface area contributed by atoms with Gasteiger partial charge in [0.15, 0.2) is 0 Å². The summed E-state index contributed by atoms with van der Waals surface area (Å²) in [5.74, 6) is 0. The van der Waals surface area contributed by atoms with Crippen LogP contribution in [0.1, 0.15) is 25.5 Å². The van der Waals surface area contributed by atoms with E-state index in [0.717, 1.165) is 39.3 Å². The van der Waals surface area contributed by atoms with Crippen LogP contribution in [0.15, 0.2) is 30.3 Å². The number of hydrogen-bond acceptors (Lipinski definition) is 3. The van der Waals surface area contributed by atoms with Crippen molar-refractivity contribution in [3.63, 3.8) is 0 Å². The summed E-state index contributed by atoms with van der Waals surface area (Å²) in [6, 6.07) is 11.3. The zero-order valence-corrected chi connectivity index (χ0v) is 12.0. The Labute approximate surface area is 116 Å². The summed E-state index contributed by atoms with van der Waals surface area (Å²) in [5, 5.41) is 0. The fourth-order valence-electron chi connectivity index (χ4n) is 2.94. The highest BCUT2D eigenvalue weighted by Crippen LogP contribution is 2.28. The van der Waals surface area contributed by atoms with Gasteiger partial charge in [-0.2, -0.15) is 0 Å². The Bertz CT molecular complexity index is 408. The predicted molar refractivity (Wildman–Crippen MR) is 77.2 cm³/mol. The van der Waals surface area contributed by atoms with E-state index in [0.29, 0.717) is 6.04 Å². The molecule has 0 bridgehead atoms. The molecule has 1 aromatic rings. The molecule has 0 aromatic heterocycles. The lowest BCUT2D eigenvalue weighted by Gasteiger charge is -2.38. The van der Waals surface area contributed by atoms with Crippen molar-refractivity contribution in [2.24, 2.45) is 0 Å². The molecule has 2 heterocycles. The summed E-state index contributed by atoms with van der Waals surface area (Å²) in [7, 11) is 0.